The van der Waals surface area contributed by atoms with Gasteiger partial charge in [-0.2, -0.15) is 0 Å². The summed E-state index contributed by atoms with van der Waals surface area (Å²) >= 11 is 4.49. The summed E-state index contributed by atoms with van der Waals surface area (Å²) in [5.74, 6) is 4.63. The first kappa shape index (κ1) is 9.63. The maximum atomic E-state index is 11.2. The van der Waals surface area contributed by atoms with Gasteiger partial charge in [-0.25, -0.2) is 5.84 Å². The third kappa shape index (κ3) is 2.24. The topological polar surface area (TPSA) is 67.1 Å². The first-order chi connectivity index (χ1) is 6.29. The van der Waals surface area contributed by atoms with Gasteiger partial charge in [0.15, 0.2) is 0 Å². The molecule has 13 heavy (non-hydrogen) atoms. The van der Waals surface area contributed by atoms with Gasteiger partial charge in [-0.15, -0.1) is 0 Å². The molecule has 5 heteroatoms. The van der Waals surface area contributed by atoms with Crippen molar-refractivity contribution in [3.8, 4) is 0 Å². The second-order valence-corrected chi connectivity index (χ2v) is 2.45. The molecule has 4 nitrogen and oxygen atoms in total. The number of nitrogens with one attached hydrogen (secondary N) is 2. The Balaban J connectivity index is 3.03. The largest absolute Gasteiger partial charge is 0.343 e. The standard InChI is InChI=1S/C8H8N3OS/c9-11-8(12)6-3-1-2-4-7(6)10-5-13/h1-4H,9H2,(H,10,13)(H,11,12). The van der Waals surface area contributed by atoms with Gasteiger partial charge >= 0.3 is 0 Å². The monoisotopic (exact) mass is 194 g/mol. The number of thiocarbonyl (C=S) groups is 1. The molecule has 1 aromatic rings. The quantitative estimate of drug-likeness (QED) is 0.216. The minimum atomic E-state index is -0.367. The second kappa shape index (κ2) is 4.54. The van der Waals surface area contributed by atoms with E-state index in [0.717, 1.165) is 0 Å². The van der Waals surface area contributed by atoms with E-state index in [1.165, 1.54) is 0 Å². The molecule has 0 saturated carbocycles. The molecule has 0 heterocycles. The molecular formula is C8H8N3OS. The minimum absolute atomic E-state index is 0.367. The maximum Gasteiger partial charge on any atom is 0.267 e. The number of nitrogen functional groups attached to an aromatic ring is 1. The molecule has 4 N–H and O–H groups in total. The number of rotatable bonds is 3. The summed E-state index contributed by atoms with van der Waals surface area (Å²) in [4.78, 5) is 11.2. The maximum absolute atomic E-state index is 11.2. The molecule has 0 aliphatic heterocycles. The molecule has 0 saturated heterocycles. The Hall–Kier alpha value is -1.46. The predicted octanol–water partition coefficient (Wildman–Crippen LogP) is 0.536. The van der Waals surface area contributed by atoms with E-state index in [1.54, 1.807) is 24.3 Å². The average Bonchev–Trinajstić information content (AvgIpc) is 2.18. The van der Waals surface area contributed by atoms with E-state index in [4.69, 9.17) is 5.84 Å². The van der Waals surface area contributed by atoms with E-state index >= 15 is 0 Å². The normalized spacial score (nSPS) is 9.00. The van der Waals surface area contributed by atoms with Gasteiger partial charge in [-0.05, 0) is 12.1 Å². The number of nitrogens with two attached hydrogens (primary N) is 1. The van der Waals surface area contributed by atoms with Gasteiger partial charge in [-0.3, -0.25) is 10.2 Å². The zero-order valence-electron chi connectivity index (χ0n) is 6.70. The second-order valence-electron chi connectivity index (χ2n) is 2.25. The molecule has 67 valence electrons. The minimum Gasteiger partial charge on any atom is -0.343 e. The number of hydrogen-bond donors (Lipinski definition) is 3. The Kier molecular flexibility index (Phi) is 3.36. The van der Waals surface area contributed by atoms with Crippen LogP contribution in [0.5, 0.6) is 0 Å². The number of benzene rings is 1. The van der Waals surface area contributed by atoms with Gasteiger partial charge in [-0.1, -0.05) is 24.4 Å². The Morgan fingerprint density at radius 2 is 2.15 bits per heavy atom. The van der Waals surface area contributed by atoms with Crippen LogP contribution in [0, 0.1) is 0 Å². The molecule has 1 radical (unpaired) electrons. The van der Waals surface area contributed by atoms with Gasteiger partial charge in [0.25, 0.3) is 5.91 Å². The lowest BCUT2D eigenvalue weighted by atomic mass is 10.1. The zero-order chi connectivity index (χ0) is 9.68. The van der Waals surface area contributed by atoms with Crippen LogP contribution >= 0.6 is 12.2 Å². The lowest BCUT2D eigenvalue weighted by Gasteiger charge is -2.05. The number of amides is 1. The smallest absolute Gasteiger partial charge is 0.267 e. The summed E-state index contributed by atoms with van der Waals surface area (Å²) in [7, 11) is 0. The van der Waals surface area contributed by atoms with Crippen molar-refractivity contribution in [3.63, 3.8) is 0 Å². The molecule has 0 aromatic heterocycles. The lowest BCUT2D eigenvalue weighted by molar-refractivity contribution is 0.0954. The third-order valence-electron chi connectivity index (χ3n) is 1.49. The van der Waals surface area contributed by atoms with Crippen molar-refractivity contribution in [2.45, 2.75) is 0 Å². The molecule has 0 aliphatic carbocycles. The summed E-state index contributed by atoms with van der Waals surface area (Å²) in [5.41, 5.74) is 5.37. The summed E-state index contributed by atoms with van der Waals surface area (Å²) in [6, 6.07) is 6.86. The third-order valence-corrected chi connectivity index (χ3v) is 1.59. The molecule has 0 fully saturated rings. The van der Waals surface area contributed by atoms with Crippen LogP contribution in [0.4, 0.5) is 5.69 Å². The van der Waals surface area contributed by atoms with Crippen LogP contribution in [0.2, 0.25) is 0 Å². The first-order valence-corrected chi connectivity index (χ1v) is 3.93. The summed E-state index contributed by atoms with van der Waals surface area (Å²) in [6.07, 6.45) is 0. The molecule has 0 spiro atoms. The van der Waals surface area contributed by atoms with Gasteiger partial charge in [0.05, 0.1) is 11.3 Å². The predicted molar refractivity (Wildman–Crippen MR) is 54.3 cm³/mol. The highest BCUT2D eigenvalue weighted by molar-refractivity contribution is 7.79. The molecule has 0 unspecified atom stereocenters. The van der Waals surface area contributed by atoms with Crippen molar-refractivity contribution in [3.05, 3.63) is 29.8 Å². The molecule has 0 atom stereocenters. The Morgan fingerprint density at radius 1 is 1.46 bits per heavy atom. The van der Waals surface area contributed by atoms with E-state index < -0.39 is 0 Å². The average molecular weight is 194 g/mol. The van der Waals surface area contributed by atoms with Gasteiger partial charge in [0, 0.05) is 0 Å². The molecule has 0 aliphatic rings. The number of carbonyl (C=O) groups is 1. The summed E-state index contributed by atoms with van der Waals surface area (Å²) < 4.78 is 0. The van der Waals surface area contributed by atoms with Crippen LogP contribution in [0.1, 0.15) is 10.4 Å². The number of hydrogen-bond acceptors (Lipinski definition) is 3. The number of hydrazine groups is 1. The fourth-order valence-corrected chi connectivity index (χ4v) is 1.03. The Labute approximate surface area is 81.1 Å². The Bertz CT molecular complexity index is 327. The zero-order valence-corrected chi connectivity index (χ0v) is 7.52. The number of carbonyl (C=O) groups excluding carboxylic acids is 1. The van der Waals surface area contributed by atoms with E-state index in [0.29, 0.717) is 11.3 Å². The first-order valence-electron chi connectivity index (χ1n) is 3.52. The van der Waals surface area contributed by atoms with Crippen molar-refractivity contribution >= 4 is 29.3 Å². The lowest BCUT2D eigenvalue weighted by Crippen LogP contribution is -2.30. The molecule has 0 bridgehead atoms. The highest BCUT2D eigenvalue weighted by atomic mass is 32.1. The summed E-state index contributed by atoms with van der Waals surface area (Å²) in [6.45, 7) is 0. The van der Waals surface area contributed by atoms with E-state index in [9.17, 15) is 4.79 Å². The molecular weight excluding hydrogens is 186 g/mol. The van der Waals surface area contributed by atoms with Gasteiger partial charge in [0.1, 0.15) is 5.49 Å². The fraction of sp³-hybridized carbons (Fsp3) is 0. The van der Waals surface area contributed by atoms with Crippen molar-refractivity contribution in [1.82, 2.24) is 5.43 Å². The van der Waals surface area contributed by atoms with Crippen molar-refractivity contribution < 1.29 is 4.79 Å². The Morgan fingerprint density at radius 3 is 2.77 bits per heavy atom. The van der Waals surface area contributed by atoms with E-state index in [2.05, 4.69) is 23.0 Å². The molecule has 1 amide bonds. The van der Waals surface area contributed by atoms with E-state index in [-0.39, 0.29) is 5.91 Å². The van der Waals surface area contributed by atoms with Crippen LogP contribution < -0.4 is 16.6 Å². The number of para-hydroxylation sites is 1. The van der Waals surface area contributed by atoms with Crippen LogP contribution in [0.3, 0.4) is 0 Å². The van der Waals surface area contributed by atoms with Crippen molar-refractivity contribution in [2.75, 3.05) is 5.32 Å². The summed E-state index contributed by atoms with van der Waals surface area (Å²) in [5, 5.41) is 2.64. The van der Waals surface area contributed by atoms with Crippen LogP contribution in [-0.4, -0.2) is 11.4 Å². The highest BCUT2D eigenvalue weighted by Crippen LogP contribution is 2.13. The van der Waals surface area contributed by atoms with Crippen LogP contribution in [0.25, 0.3) is 0 Å². The van der Waals surface area contributed by atoms with Crippen molar-refractivity contribution in [1.29, 1.82) is 0 Å². The SMILES string of the molecule is NNC(=O)c1ccccc1N[C]=S. The van der Waals surface area contributed by atoms with Crippen LogP contribution in [-0.2, 0) is 0 Å². The van der Waals surface area contributed by atoms with Crippen molar-refractivity contribution in [2.24, 2.45) is 5.84 Å². The van der Waals surface area contributed by atoms with Gasteiger partial charge < -0.3 is 5.32 Å². The van der Waals surface area contributed by atoms with Gasteiger partial charge in [0.2, 0.25) is 0 Å². The molecule has 1 rings (SSSR count). The fourth-order valence-electron chi connectivity index (χ4n) is 0.923. The van der Waals surface area contributed by atoms with E-state index in [1.807, 2.05) is 5.43 Å². The highest BCUT2D eigenvalue weighted by Gasteiger charge is 2.07. The number of anilines is 1. The molecule has 1 aromatic carbocycles. The van der Waals surface area contributed by atoms with Crippen LogP contribution in [0.15, 0.2) is 24.3 Å².